The minimum atomic E-state index is -3.69. The number of aliphatic hydroxyl groups is 1. The summed E-state index contributed by atoms with van der Waals surface area (Å²) in [5.74, 6) is -0.566. The van der Waals surface area contributed by atoms with Crippen LogP contribution in [0.25, 0.3) is 32.9 Å². The second-order valence-electron chi connectivity index (χ2n) is 8.61. The fraction of sp³-hybridized carbons (Fsp3) is 0.160. The molecule has 170 valence electrons. The van der Waals surface area contributed by atoms with E-state index in [2.05, 4.69) is 16.3 Å². The van der Waals surface area contributed by atoms with Gasteiger partial charge in [0.1, 0.15) is 0 Å². The molecule has 0 aliphatic carbocycles. The van der Waals surface area contributed by atoms with Gasteiger partial charge in [0, 0.05) is 22.0 Å². The van der Waals surface area contributed by atoms with Gasteiger partial charge in [-0.05, 0) is 61.7 Å². The standard InChI is InChI=1S/C25H25N3O4S/c1-14(2)33(31,32)28-17-7-5-6-15(12-17)18-10-11-20(24(26)29)23-22(18)19-9-8-16(25(3,4)30)13-21(19)27-23/h5-13,27-28,30H,1H2,2-4H3,(H2,26,29). The first-order valence-corrected chi connectivity index (χ1v) is 11.8. The Hall–Kier alpha value is -3.62. The quantitative estimate of drug-likeness (QED) is 0.334. The molecule has 7 nitrogen and oxygen atoms in total. The van der Waals surface area contributed by atoms with Crippen molar-refractivity contribution in [3.8, 4) is 11.1 Å². The summed E-state index contributed by atoms with van der Waals surface area (Å²) in [6, 6.07) is 16.0. The van der Waals surface area contributed by atoms with Crippen molar-refractivity contribution in [3.05, 3.63) is 77.2 Å². The van der Waals surface area contributed by atoms with Crippen LogP contribution < -0.4 is 10.5 Å². The molecule has 3 aromatic carbocycles. The highest BCUT2D eigenvalue weighted by Gasteiger charge is 2.20. The summed E-state index contributed by atoms with van der Waals surface area (Å²) in [5, 5.41) is 12.0. The Morgan fingerprint density at radius 3 is 2.48 bits per heavy atom. The lowest BCUT2D eigenvalue weighted by molar-refractivity contribution is 0.0787. The summed E-state index contributed by atoms with van der Waals surface area (Å²) in [4.78, 5) is 15.4. The Kier molecular flexibility index (Phi) is 5.30. The number of carbonyl (C=O) groups is 1. The Bertz CT molecular complexity index is 1540. The van der Waals surface area contributed by atoms with Crippen molar-refractivity contribution in [3.63, 3.8) is 0 Å². The zero-order chi connectivity index (χ0) is 24.1. The predicted molar refractivity (Wildman–Crippen MR) is 132 cm³/mol. The number of rotatable bonds is 6. The van der Waals surface area contributed by atoms with Gasteiger partial charge in [0.25, 0.3) is 15.9 Å². The highest BCUT2D eigenvalue weighted by atomic mass is 32.2. The minimum absolute atomic E-state index is 0.0142. The highest BCUT2D eigenvalue weighted by Crippen LogP contribution is 2.38. The van der Waals surface area contributed by atoms with E-state index in [1.807, 2.05) is 24.3 Å². The molecule has 1 amide bonds. The van der Waals surface area contributed by atoms with Crippen molar-refractivity contribution >= 4 is 43.4 Å². The van der Waals surface area contributed by atoms with E-state index in [4.69, 9.17) is 5.73 Å². The number of allylic oxidation sites excluding steroid dienone is 1. The molecule has 0 fully saturated rings. The third-order valence-electron chi connectivity index (χ3n) is 5.61. The van der Waals surface area contributed by atoms with Gasteiger partial charge < -0.3 is 15.8 Å². The molecule has 1 aromatic heterocycles. The lowest BCUT2D eigenvalue weighted by Gasteiger charge is -2.17. The number of nitrogens with one attached hydrogen (secondary N) is 2. The van der Waals surface area contributed by atoms with Gasteiger partial charge in [-0.2, -0.15) is 0 Å². The molecule has 0 bridgehead atoms. The molecule has 5 N–H and O–H groups in total. The van der Waals surface area contributed by atoms with Crippen molar-refractivity contribution in [1.29, 1.82) is 0 Å². The molecule has 0 spiro atoms. The van der Waals surface area contributed by atoms with E-state index in [9.17, 15) is 18.3 Å². The lowest BCUT2D eigenvalue weighted by Crippen LogP contribution is -2.14. The van der Waals surface area contributed by atoms with Crippen LogP contribution in [0.1, 0.15) is 36.7 Å². The maximum Gasteiger partial charge on any atom is 0.257 e. The van der Waals surface area contributed by atoms with Crippen LogP contribution in [0.2, 0.25) is 0 Å². The molecule has 0 atom stereocenters. The molecule has 8 heteroatoms. The van der Waals surface area contributed by atoms with E-state index in [-0.39, 0.29) is 4.91 Å². The summed E-state index contributed by atoms with van der Waals surface area (Å²) < 4.78 is 27.0. The second kappa shape index (κ2) is 7.75. The molecule has 4 aromatic rings. The Balaban J connectivity index is 1.97. The molecule has 0 radical (unpaired) electrons. The van der Waals surface area contributed by atoms with Crippen molar-refractivity contribution in [2.75, 3.05) is 4.72 Å². The van der Waals surface area contributed by atoms with Gasteiger partial charge >= 0.3 is 0 Å². The molecule has 0 unspecified atom stereocenters. The van der Waals surface area contributed by atoms with Gasteiger partial charge in [0.15, 0.2) is 0 Å². The van der Waals surface area contributed by atoms with Crippen LogP contribution in [-0.4, -0.2) is 24.4 Å². The molecular weight excluding hydrogens is 438 g/mol. The number of H-pyrrole nitrogens is 1. The smallest absolute Gasteiger partial charge is 0.257 e. The van der Waals surface area contributed by atoms with E-state index in [1.54, 1.807) is 44.2 Å². The largest absolute Gasteiger partial charge is 0.386 e. The number of sulfonamides is 1. The van der Waals surface area contributed by atoms with Crippen LogP contribution in [0, 0.1) is 0 Å². The van der Waals surface area contributed by atoms with Crippen LogP contribution in [0.4, 0.5) is 5.69 Å². The average Bonchev–Trinajstić information content (AvgIpc) is 3.10. The number of hydrogen-bond acceptors (Lipinski definition) is 4. The molecule has 4 rings (SSSR count). The molecular formula is C25H25N3O4S. The van der Waals surface area contributed by atoms with Gasteiger partial charge in [-0.15, -0.1) is 0 Å². The predicted octanol–water partition coefficient (Wildman–Crippen LogP) is 4.59. The first kappa shape index (κ1) is 22.6. The number of fused-ring (bicyclic) bond motifs is 3. The maximum atomic E-state index is 12.2. The van der Waals surface area contributed by atoms with E-state index >= 15 is 0 Å². The third kappa shape index (κ3) is 4.10. The number of aromatic nitrogens is 1. The second-order valence-corrected chi connectivity index (χ2v) is 10.5. The summed E-state index contributed by atoms with van der Waals surface area (Å²) in [6.07, 6.45) is 0. The number of amides is 1. The normalized spacial score (nSPS) is 12.2. The third-order valence-corrected chi connectivity index (χ3v) is 7.03. The van der Waals surface area contributed by atoms with Crippen LogP contribution in [0.15, 0.2) is 66.1 Å². The SMILES string of the molecule is C=C(C)S(=O)(=O)Nc1cccc(-c2ccc(C(N)=O)c3[nH]c4cc(C(C)(C)O)ccc4c23)c1. The number of benzene rings is 3. The number of aromatic amines is 1. The monoisotopic (exact) mass is 463 g/mol. The molecule has 33 heavy (non-hydrogen) atoms. The number of nitrogens with two attached hydrogens (primary N) is 1. The van der Waals surface area contributed by atoms with E-state index < -0.39 is 21.5 Å². The van der Waals surface area contributed by atoms with Crippen molar-refractivity contribution in [1.82, 2.24) is 4.98 Å². The minimum Gasteiger partial charge on any atom is -0.386 e. The molecule has 0 aliphatic heterocycles. The maximum absolute atomic E-state index is 12.2. The van der Waals surface area contributed by atoms with E-state index in [1.165, 1.54) is 6.92 Å². The van der Waals surface area contributed by atoms with Crippen LogP contribution in [0.3, 0.4) is 0 Å². The van der Waals surface area contributed by atoms with Crippen LogP contribution in [0.5, 0.6) is 0 Å². The first-order chi connectivity index (χ1) is 15.4. The van der Waals surface area contributed by atoms with Crippen LogP contribution in [-0.2, 0) is 15.6 Å². The van der Waals surface area contributed by atoms with Gasteiger partial charge in [-0.1, -0.05) is 36.9 Å². The topological polar surface area (TPSA) is 125 Å². The Labute approximate surface area is 192 Å². The van der Waals surface area contributed by atoms with Crippen molar-refractivity contribution < 1.29 is 18.3 Å². The Morgan fingerprint density at radius 2 is 1.85 bits per heavy atom. The number of carbonyl (C=O) groups excluding carboxylic acids is 1. The van der Waals surface area contributed by atoms with E-state index in [0.29, 0.717) is 16.8 Å². The van der Waals surface area contributed by atoms with Crippen molar-refractivity contribution in [2.45, 2.75) is 26.4 Å². The molecule has 0 saturated carbocycles. The lowest BCUT2D eigenvalue weighted by atomic mass is 9.94. The van der Waals surface area contributed by atoms with Gasteiger partial charge in [-0.3, -0.25) is 9.52 Å². The zero-order valence-electron chi connectivity index (χ0n) is 18.6. The van der Waals surface area contributed by atoms with E-state index in [0.717, 1.165) is 33.0 Å². The first-order valence-electron chi connectivity index (χ1n) is 10.3. The van der Waals surface area contributed by atoms with Gasteiger partial charge in [0.2, 0.25) is 0 Å². The molecule has 1 heterocycles. The van der Waals surface area contributed by atoms with Gasteiger partial charge in [0.05, 0.1) is 21.6 Å². The number of hydrogen-bond donors (Lipinski definition) is 4. The number of primary amides is 1. The van der Waals surface area contributed by atoms with Crippen LogP contribution >= 0.6 is 0 Å². The Morgan fingerprint density at radius 1 is 1.12 bits per heavy atom. The molecule has 0 aliphatic rings. The fourth-order valence-electron chi connectivity index (χ4n) is 3.83. The summed E-state index contributed by atoms with van der Waals surface area (Å²) >= 11 is 0. The zero-order valence-corrected chi connectivity index (χ0v) is 19.4. The number of anilines is 1. The van der Waals surface area contributed by atoms with Gasteiger partial charge in [-0.25, -0.2) is 8.42 Å². The summed E-state index contributed by atoms with van der Waals surface area (Å²) in [6.45, 7) is 8.33. The molecule has 0 saturated heterocycles. The average molecular weight is 464 g/mol. The van der Waals surface area contributed by atoms with Crippen molar-refractivity contribution in [2.24, 2.45) is 5.73 Å². The summed E-state index contributed by atoms with van der Waals surface area (Å²) in [5.41, 5.74) is 8.94. The fourth-order valence-corrected chi connectivity index (χ4v) is 4.44. The summed E-state index contributed by atoms with van der Waals surface area (Å²) in [7, 11) is -3.69. The highest BCUT2D eigenvalue weighted by molar-refractivity contribution is 7.96.